The third-order valence-corrected chi connectivity index (χ3v) is 4.68. The van der Waals surface area contributed by atoms with Gasteiger partial charge in [-0.3, -0.25) is 19.0 Å². The molecule has 1 fully saturated rings. The topological polar surface area (TPSA) is 123 Å². The van der Waals surface area contributed by atoms with Crippen molar-refractivity contribution in [3.05, 3.63) is 32.6 Å². The molecule has 0 aliphatic heterocycles. The molecule has 10 heteroatoms. The van der Waals surface area contributed by atoms with Crippen molar-refractivity contribution in [1.29, 1.82) is 0 Å². The van der Waals surface area contributed by atoms with Crippen LogP contribution >= 0.6 is 0 Å². The van der Waals surface area contributed by atoms with E-state index in [2.05, 4.69) is 0 Å². The van der Waals surface area contributed by atoms with Gasteiger partial charge in [-0.05, 0) is 40.5 Å². The summed E-state index contributed by atoms with van der Waals surface area (Å²) in [4.78, 5) is 62.5. The van der Waals surface area contributed by atoms with Gasteiger partial charge in [-0.25, -0.2) is 9.59 Å². The number of methoxy groups -OCH3 is 2. The van der Waals surface area contributed by atoms with Gasteiger partial charge in [-0.2, -0.15) is 4.57 Å². The van der Waals surface area contributed by atoms with Crippen molar-refractivity contribution in [2.75, 3.05) is 14.2 Å². The Balaban J connectivity index is 2.66. The number of carbonyl (C=O) groups excluding carboxylic acids is 3. The molecule has 0 radical (unpaired) electrons. The molecule has 1 saturated carbocycles. The van der Waals surface area contributed by atoms with Gasteiger partial charge in [-0.15, -0.1) is 0 Å². The van der Waals surface area contributed by atoms with E-state index in [1.54, 1.807) is 20.8 Å². The maximum atomic E-state index is 12.9. The molecule has 10 nitrogen and oxygen atoms in total. The van der Waals surface area contributed by atoms with E-state index in [1.165, 1.54) is 13.1 Å². The van der Waals surface area contributed by atoms with E-state index in [0.29, 0.717) is 4.57 Å². The van der Waals surface area contributed by atoms with Crippen molar-refractivity contribution in [1.82, 2.24) is 9.13 Å². The number of aryl methyl sites for hydroxylation is 1. The third-order valence-electron chi connectivity index (χ3n) is 4.68. The summed E-state index contributed by atoms with van der Waals surface area (Å²) in [5.41, 5.74) is -4.43. The van der Waals surface area contributed by atoms with E-state index in [9.17, 15) is 24.0 Å². The first kappa shape index (κ1) is 21.4. The first-order valence-corrected chi connectivity index (χ1v) is 8.65. The van der Waals surface area contributed by atoms with E-state index < -0.39 is 46.3 Å². The Kier molecular flexibility index (Phi) is 5.54. The minimum atomic E-state index is -1.73. The van der Waals surface area contributed by atoms with Crippen LogP contribution in [0.1, 0.15) is 45.2 Å². The Labute approximate surface area is 161 Å². The van der Waals surface area contributed by atoms with Gasteiger partial charge in [-0.1, -0.05) is 0 Å². The molecule has 0 aromatic carbocycles. The highest BCUT2D eigenvalue weighted by Gasteiger charge is 2.62. The molecule has 1 aliphatic rings. The maximum Gasteiger partial charge on any atom is 0.425 e. The Bertz CT molecular complexity index is 918. The SMILES string of the molecule is COC(=O)C1(C(=O)OC)CCC1n1cc(C)c(=O)n(C(=O)OC(C)(C)C)c1=O. The Morgan fingerprint density at radius 2 is 1.64 bits per heavy atom. The quantitative estimate of drug-likeness (QED) is 0.417. The summed E-state index contributed by atoms with van der Waals surface area (Å²) in [5, 5.41) is 0. The van der Waals surface area contributed by atoms with Crippen LogP contribution in [-0.2, 0) is 23.8 Å². The molecule has 1 aliphatic carbocycles. The van der Waals surface area contributed by atoms with Crippen molar-refractivity contribution in [2.45, 2.75) is 52.2 Å². The molecule has 1 unspecified atom stereocenters. The fraction of sp³-hybridized carbons (Fsp3) is 0.611. The highest BCUT2D eigenvalue weighted by Crippen LogP contribution is 2.51. The second kappa shape index (κ2) is 7.25. The maximum absolute atomic E-state index is 12.9. The molecule has 1 atom stereocenters. The number of nitrogens with zero attached hydrogens (tertiary/aromatic N) is 2. The van der Waals surface area contributed by atoms with Crippen molar-refractivity contribution < 1.29 is 28.6 Å². The van der Waals surface area contributed by atoms with Gasteiger partial charge in [0.2, 0.25) is 0 Å². The Hall–Kier alpha value is -2.91. The van der Waals surface area contributed by atoms with Crippen LogP contribution < -0.4 is 11.2 Å². The van der Waals surface area contributed by atoms with Crippen LogP contribution in [0.15, 0.2) is 15.8 Å². The van der Waals surface area contributed by atoms with Gasteiger partial charge in [0.15, 0.2) is 5.41 Å². The normalized spacial score (nSPS) is 18.0. The Morgan fingerprint density at radius 1 is 1.11 bits per heavy atom. The number of carbonyl (C=O) groups is 3. The molecule has 2 rings (SSSR count). The zero-order chi connectivity index (χ0) is 21.4. The molecular formula is C18H24N2O8. The summed E-state index contributed by atoms with van der Waals surface area (Å²) in [6.07, 6.45) is 0.459. The molecule has 28 heavy (non-hydrogen) atoms. The van der Waals surface area contributed by atoms with Crippen LogP contribution in [0.3, 0.4) is 0 Å². The highest BCUT2D eigenvalue weighted by molar-refractivity contribution is 6.01. The number of ether oxygens (including phenoxy) is 3. The molecule has 154 valence electrons. The summed E-state index contributed by atoms with van der Waals surface area (Å²) in [6, 6.07) is -0.965. The smallest absolute Gasteiger partial charge is 0.425 e. The second-order valence-corrected chi connectivity index (χ2v) is 7.63. The van der Waals surface area contributed by atoms with Crippen LogP contribution in [0.4, 0.5) is 4.79 Å². The van der Waals surface area contributed by atoms with Crippen molar-refractivity contribution in [2.24, 2.45) is 5.41 Å². The van der Waals surface area contributed by atoms with Crippen molar-refractivity contribution in [3.63, 3.8) is 0 Å². The van der Waals surface area contributed by atoms with Gasteiger partial charge in [0.25, 0.3) is 5.56 Å². The van der Waals surface area contributed by atoms with Crippen LogP contribution in [0, 0.1) is 12.3 Å². The molecule has 0 amide bonds. The van der Waals surface area contributed by atoms with E-state index in [0.717, 1.165) is 18.8 Å². The monoisotopic (exact) mass is 396 g/mol. The van der Waals surface area contributed by atoms with Crippen molar-refractivity contribution in [3.8, 4) is 0 Å². The lowest BCUT2D eigenvalue weighted by molar-refractivity contribution is -0.182. The molecule has 1 heterocycles. The van der Waals surface area contributed by atoms with E-state index in [-0.39, 0.29) is 18.4 Å². The molecule has 1 aromatic rings. The predicted octanol–water partition coefficient (Wildman–Crippen LogP) is 0.769. The second-order valence-electron chi connectivity index (χ2n) is 7.63. The van der Waals surface area contributed by atoms with Crippen LogP contribution in [-0.4, -0.2) is 47.0 Å². The zero-order valence-corrected chi connectivity index (χ0v) is 16.7. The van der Waals surface area contributed by atoms with Gasteiger partial charge in [0.1, 0.15) is 5.60 Å². The lowest BCUT2D eigenvalue weighted by atomic mass is 9.64. The zero-order valence-electron chi connectivity index (χ0n) is 16.7. The van der Waals surface area contributed by atoms with Crippen LogP contribution in [0.2, 0.25) is 0 Å². The van der Waals surface area contributed by atoms with Gasteiger partial charge in [0, 0.05) is 11.8 Å². The minimum Gasteiger partial charge on any atom is -0.468 e. The fourth-order valence-corrected chi connectivity index (χ4v) is 3.25. The summed E-state index contributed by atoms with van der Waals surface area (Å²) in [7, 11) is 2.25. The first-order valence-electron chi connectivity index (χ1n) is 8.65. The highest BCUT2D eigenvalue weighted by atomic mass is 16.6. The standard InChI is InChI=1S/C18H24N2O8/c1-10-9-19(11-7-8-18(11,13(22)26-5)14(23)27-6)15(24)20(12(10)21)16(25)28-17(2,3)4/h9,11H,7-8H2,1-6H3. The van der Waals surface area contributed by atoms with Gasteiger partial charge < -0.3 is 14.2 Å². The number of hydrogen-bond donors (Lipinski definition) is 0. The first-order chi connectivity index (χ1) is 12.9. The fourth-order valence-electron chi connectivity index (χ4n) is 3.25. The summed E-state index contributed by atoms with van der Waals surface area (Å²) in [6.45, 7) is 6.19. The molecule has 0 spiro atoms. The minimum absolute atomic E-state index is 0.0704. The summed E-state index contributed by atoms with van der Waals surface area (Å²) in [5.74, 6) is -1.70. The largest absolute Gasteiger partial charge is 0.468 e. The number of aromatic nitrogens is 2. The summed E-state index contributed by atoms with van der Waals surface area (Å²) >= 11 is 0. The number of esters is 2. The molecule has 1 aromatic heterocycles. The lowest BCUT2D eigenvalue weighted by Crippen LogP contribution is -2.58. The molecule has 0 N–H and O–H groups in total. The van der Waals surface area contributed by atoms with Crippen molar-refractivity contribution >= 4 is 18.0 Å². The Morgan fingerprint density at radius 3 is 2.04 bits per heavy atom. The summed E-state index contributed by atoms with van der Waals surface area (Å²) < 4.78 is 16.0. The van der Waals surface area contributed by atoms with Gasteiger partial charge >= 0.3 is 23.7 Å². The predicted molar refractivity (Wildman–Crippen MR) is 96.1 cm³/mol. The van der Waals surface area contributed by atoms with Crippen LogP contribution in [0.25, 0.3) is 0 Å². The average Bonchev–Trinajstić information content (AvgIpc) is 2.57. The van der Waals surface area contributed by atoms with Crippen LogP contribution in [0.5, 0.6) is 0 Å². The van der Waals surface area contributed by atoms with E-state index >= 15 is 0 Å². The third kappa shape index (κ3) is 3.34. The number of hydrogen-bond acceptors (Lipinski definition) is 8. The lowest BCUT2D eigenvalue weighted by Gasteiger charge is -2.44. The molecular weight excluding hydrogens is 372 g/mol. The average molecular weight is 396 g/mol. The van der Waals surface area contributed by atoms with E-state index in [1.807, 2.05) is 0 Å². The molecule has 0 saturated heterocycles. The number of rotatable bonds is 3. The molecule has 0 bridgehead atoms. The van der Waals surface area contributed by atoms with E-state index in [4.69, 9.17) is 14.2 Å². The van der Waals surface area contributed by atoms with Gasteiger partial charge in [0.05, 0.1) is 20.3 Å².